The van der Waals surface area contributed by atoms with E-state index in [0.29, 0.717) is 31.1 Å². The van der Waals surface area contributed by atoms with Crippen LogP contribution in [0.25, 0.3) is 0 Å². The molecule has 0 spiro atoms. The van der Waals surface area contributed by atoms with E-state index in [2.05, 4.69) is 0 Å². The molecule has 2 heterocycles. The lowest BCUT2D eigenvalue weighted by Crippen LogP contribution is -2.57. The number of benzene rings is 1. The highest BCUT2D eigenvalue weighted by Gasteiger charge is 2.37. The molecule has 1 atom stereocenters. The summed E-state index contributed by atoms with van der Waals surface area (Å²) in [5.74, 6) is 0.351. The van der Waals surface area contributed by atoms with Gasteiger partial charge in [-0.3, -0.25) is 15.0 Å². The van der Waals surface area contributed by atoms with E-state index >= 15 is 0 Å². The average molecular weight is 360 g/mol. The smallest absolute Gasteiger partial charge is 0.410 e. The van der Waals surface area contributed by atoms with Gasteiger partial charge in [0.1, 0.15) is 29.6 Å². The summed E-state index contributed by atoms with van der Waals surface area (Å²) in [6, 6.07) is 4.39. The highest BCUT2D eigenvalue weighted by atomic mass is 16.6. The van der Waals surface area contributed by atoms with Gasteiger partial charge in [-0.25, -0.2) is 4.79 Å². The lowest BCUT2D eigenvalue weighted by molar-refractivity contribution is -0.385. The van der Waals surface area contributed by atoms with Crippen molar-refractivity contribution < 1.29 is 19.2 Å². The van der Waals surface area contributed by atoms with E-state index in [1.807, 2.05) is 31.7 Å². The number of ether oxygens (including phenoxy) is 2. The molecule has 1 fully saturated rings. The number of carbonyl (C=O) groups excluding carboxylic acids is 1. The molecule has 9 heteroatoms. The van der Waals surface area contributed by atoms with Crippen molar-refractivity contribution in [2.45, 2.75) is 32.4 Å². The van der Waals surface area contributed by atoms with Gasteiger partial charge < -0.3 is 14.4 Å². The first-order valence-electron chi connectivity index (χ1n) is 8.29. The van der Waals surface area contributed by atoms with Crippen molar-refractivity contribution in [1.82, 2.24) is 4.90 Å². The summed E-state index contributed by atoms with van der Waals surface area (Å²) in [4.78, 5) is 26.6. The number of carbonyl (C=O) groups is 1. The Morgan fingerprint density at radius 3 is 2.77 bits per heavy atom. The molecule has 26 heavy (non-hydrogen) atoms. The molecule has 0 N–H and O–H groups in total. The van der Waals surface area contributed by atoms with Crippen LogP contribution in [0.4, 0.5) is 16.2 Å². The van der Waals surface area contributed by atoms with Crippen LogP contribution in [0.5, 0.6) is 5.75 Å². The monoisotopic (exact) mass is 360 g/mol. The third kappa shape index (κ3) is 3.35. The summed E-state index contributed by atoms with van der Waals surface area (Å²) in [6.45, 7) is 7.10. The van der Waals surface area contributed by atoms with E-state index in [9.17, 15) is 20.2 Å². The highest BCUT2D eigenvalue weighted by Crippen LogP contribution is 2.38. The molecule has 3 rings (SSSR count). The van der Waals surface area contributed by atoms with Crippen LogP contribution in [0.15, 0.2) is 12.1 Å². The lowest BCUT2D eigenvalue weighted by Gasteiger charge is -2.40. The first-order valence-corrected chi connectivity index (χ1v) is 8.29. The first-order chi connectivity index (χ1) is 12.2. The second kappa shape index (κ2) is 6.37. The van der Waals surface area contributed by atoms with Gasteiger partial charge in [-0.15, -0.1) is 0 Å². The summed E-state index contributed by atoms with van der Waals surface area (Å²) in [6.07, 6.45) is -0.402. The minimum absolute atomic E-state index is 0.00891. The highest BCUT2D eigenvalue weighted by molar-refractivity contribution is 5.72. The maximum absolute atomic E-state index is 12.4. The molecule has 0 saturated carbocycles. The number of piperazine rings is 1. The summed E-state index contributed by atoms with van der Waals surface area (Å²) < 4.78 is 11.2. The van der Waals surface area contributed by atoms with Crippen LogP contribution in [0, 0.1) is 21.4 Å². The van der Waals surface area contributed by atoms with Crippen molar-refractivity contribution in [2.24, 2.45) is 0 Å². The van der Waals surface area contributed by atoms with Crippen LogP contribution < -0.4 is 9.64 Å². The van der Waals surface area contributed by atoms with Crippen LogP contribution >= 0.6 is 0 Å². The Bertz CT molecular complexity index is 796. The van der Waals surface area contributed by atoms with E-state index < -0.39 is 16.6 Å². The number of rotatable bonds is 1. The van der Waals surface area contributed by atoms with Crippen LogP contribution in [0.1, 0.15) is 26.3 Å². The molecule has 1 saturated heterocycles. The van der Waals surface area contributed by atoms with Crippen molar-refractivity contribution in [2.75, 3.05) is 31.1 Å². The van der Waals surface area contributed by atoms with Gasteiger partial charge in [0.05, 0.1) is 22.7 Å². The van der Waals surface area contributed by atoms with Crippen molar-refractivity contribution in [3.05, 3.63) is 27.8 Å². The predicted molar refractivity (Wildman–Crippen MR) is 92.2 cm³/mol. The Morgan fingerprint density at radius 1 is 1.42 bits per heavy atom. The maximum atomic E-state index is 12.4. The molecule has 1 aromatic carbocycles. The van der Waals surface area contributed by atoms with Crippen LogP contribution in [-0.4, -0.2) is 53.8 Å². The zero-order chi connectivity index (χ0) is 19.1. The van der Waals surface area contributed by atoms with E-state index in [4.69, 9.17) is 9.47 Å². The number of fused-ring (bicyclic) bond motifs is 4. The fourth-order valence-electron chi connectivity index (χ4n) is 3.12. The zero-order valence-electron chi connectivity index (χ0n) is 14.9. The lowest BCUT2D eigenvalue weighted by atomic mass is 10.1. The third-order valence-corrected chi connectivity index (χ3v) is 4.28. The topological polar surface area (TPSA) is 109 Å². The summed E-state index contributed by atoms with van der Waals surface area (Å²) in [7, 11) is 0. The minimum Gasteiger partial charge on any atom is -0.489 e. The second-order valence-electron chi connectivity index (χ2n) is 7.29. The standard InChI is InChI=1S/C17H20N4O5/c1-17(2,3)26-16(22)20-5-4-19-9-12(20)10-25-15-7-13(21(23)24)11(8-18)6-14(15)19/h6-7,12H,4-5,9-10H2,1-3H3/t12-/m0/s1. The second-order valence-corrected chi connectivity index (χ2v) is 7.29. The summed E-state index contributed by atoms with van der Waals surface area (Å²) >= 11 is 0. The molecule has 0 aliphatic carbocycles. The molecule has 1 aromatic rings. The van der Waals surface area contributed by atoms with Gasteiger partial charge in [-0.05, 0) is 26.8 Å². The zero-order valence-corrected chi connectivity index (χ0v) is 14.9. The van der Waals surface area contributed by atoms with E-state index in [0.717, 1.165) is 0 Å². The van der Waals surface area contributed by atoms with Gasteiger partial charge in [0, 0.05) is 19.6 Å². The molecular formula is C17H20N4O5. The van der Waals surface area contributed by atoms with E-state index in [-0.39, 0.29) is 23.9 Å². The Kier molecular flexibility index (Phi) is 4.36. The molecule has 0 aromatic heterocycles. The molecule has 2 bridgehead atoms. The molecule has 138 valence electrons. The van der Waals surface area contributed by atoms with Crippen molar-refractivity contribution >= 4 is 17.5 Å². The number of nitrogens with zero attached hydrogens (tertiary/aromatic N) is 4. The van der Waals surface area contributed by atoms with Gasteiger partial charge in [-0.2, -0.15) is 5.26 Å². The number of nitriles is 1. The maximum Gasteiger partial charge on any atom is 0.410 e. The van der Waals surface area contributed by atoms with Crippen molar-refractivity contribution in [3.8, 4) is 11.8 Å². The number of hydrogen-bond acceptors (Lipinski definition) is 7. The van der Waals surface area contributed by atoms with Gasteiger partial charge in [-0.1, -0.05) is 0 Å². The fourth-order valence-corrected chi connectivity index (χ4v) is 3.12. The van der Waals surface area contributed by atoms with Crippen LogP contribution in [0.3, 0.4) is 0 Å². The molecule has 2 aliphatic rings. The number of amides is 1. The normalized spacial score (nSPS) is 18.9. The molecule has 2 aliphatic heterocycles. The first kappa shape index (κ1) is 17.8. The van der Waals surface area contributed by atoms with Gasteiger partial charge in [0.15, 0.2) is 0 Å². The number of nitro benzene ring substituents is 1. The molecule has 0 unspecified atom stereocenters. The Labute approximate surface area is 150 Å². The third-order valence-electron chi connectivity index (χ3n) is 4.28. The molecular weight excluding hydrogens is 340 g/mol. The number of anilines is 1. The average Bonchev–Trinajstić information content (AvgIpc) is 2.69. The molecule has 0 radical (unpaired) electrons. The van der Waals surface area contributed by atoms with Crippen LogP contribution in [0.2, 0.25) is 0 Å². The predicted octanol–water partition coefficient (Wildman–Crippen LogP) is 2.28. The number of nitro groups is 1. The van der Waals surface area contributed by atoms with Crippen molar-refractivity contribution in [3.63, 3.8) is 0 Å². The minimum atomic E-state index is -0.596. The summed E-state index contributed by atoms with van der Waals surface area (Å²) in [5, 5.41) is 20.4. The van der Waals surface area contributed by atoms with Crippen LogP contribution in [-0.2, 0) is 4.74 Å². The summed E-state index contributed by atoms with van der Waals surface area (Å²) in [5.41, 5.74) is -0.248. The SMILES string of the molecule is CC(C)(C)OC(=O)N1CCN2C[C@H]1COc1cc([N+](=O)[O-])c(C#N)cc12. The van der Waals surface area contributed by atoms with E-state index in [1.165, 1.54) is 12.1 Å². The quantitative estimate of drug-likeness (QED) is 0.558. The Balaban J connectivity index is 1.88. The Morgan fingerprint density at radius 2 is 2.15 bits per heavy atom. The van der Waals surface area contributed by atoms with Crippen molar-refractivity contribution in [1.29, 1.82) is 5.26 Å². The number of hydrogen-bond donors (Lipinski definition) is 0. The van der Waals surface area contributed by atoms with Gasteiger partial charge >= 0.3 is 6.09 Å². The molecule has 9 nitrogen and oxygen atoms in total. The largest absolute Gasteiger partial charge is 0.489 e. The Hall–Kier alpha value is -3.02. The fraction of sp³-hybridized carbons (Fsp3) is 0.529. The van der Waals surface area contributed by atoms with Gasteiger partial charge in [0.25, 0.3) is 5.69 Å². The van der Waals surface area contributed by atoms with Gasteiger partial charge in [0.2, 0.25) is 0 Å². The van der Waals surface area contributed by atoms with E-state index in [1.54, 1.807) is 4.90 Å². The molecule has 1 amide bonds.